The van der Waals surface area contributed by atoms with E-state index in [1.165, 1.54) is 20.9 Å². The van der Waals surface area contributed by atoms with Crippen molar-refractivity contribution in [3.05, 3.63) is 71.4 Å². The minimum atomic E-state index is 0.757. The SMILES string of the molecule is CC1=NNC/C1=C1\C=C(Sc2ccc(N)cc2)c2ccccc2N1. The highest BCUT2D eigenvalue weighted by molar-refractivity contribution is 8.08. The number of hydrogen-bond acceptors (Lipinski definition) is 5. The predicted molar refractivity (Wildman–Crippen MR) is 103 cm³/mol. The molecule has 2 heterocycles. The number of allylic oxidation sites excluding steroid dienone is 1. The van der Waals surface area contributed by atoms with Crippen molar-refractivity contribution >= 4 is 33.8 Å². The van der Waals surface area contributed by atoms with Crippen LogP contribution in [-0.4, -0.2) is 12.3 Å². The normalized spacial score (nSPS) is 19.0. The van der Waals surface area contributed by atoms with Crippen LogP contribution in [0.2, 0.25) is 0 Å². The fraction of sp³-hybridized carbons (Fsp3) is 0.105. The average molecular weight is 334 g/mol. The number of para-hydroxylation sites is 1. The van der Waals surface area contributed by atoms with Crippen LogP contribution in [0.5, 0.6) is 0 Å². The summed E-state index contributed by atoms with van der Waals surface area (Å²) in [4.78, 5) is 2.39. The number of anilines is 2. The Kier molecular flexibility index (Phi) is 3.78. The maximum absolute atomic E-state index is 5.79. The Labute approximate surface area is 145 Å². The van der Waals surface area contributed by atoms with Crippen LogP contribution in [0.15, 0.2) is 75.9 Å². The highest BCUT2D eigenvalue weighted by Crippen LogP contribution is 2.42. The maximum atomic E-state index is 5.79. The van der Waals surface area contributed by atoms with Gasteiger partial charge in [0.05, 0.1) is 12.3 Å². The number of rotatable bonds is 2. The van der Waals surface area contributed by atoms with E-state index < -0.39 is 0 Å². The maximum Gasteiger partial charge on any atom is 0.0643 e. The third-order valence-corrected chi connectivity index (χ3v) is 5.18. The molecule has 2 aliphatic heterocycles. The van der Waals surface area contributed by atoms with Gasteiger partial charge in [-0.2, -0.15) is 5.10 Å². The van der Waals surface area contributed by atoms with Crippen LogP contribution in [0, 0.1) is 0 Å². The lowest BCUT2D eigenvalue weighted by Crippen LogP contribution is -2.13. The molecule has 2 aromatic carbocycles. The van der Waals surface area contributed by atoms with Gasteiger partial charge in [-0.15, -0.1) is 0 Å². The number of nitrogens with one attached hydrogen (secondary N) is 2. The Morgan fingerprint density at radius 3 is 2.62 bits per heavy atom. The minimum absolute atomic E-state index is 0.757. The molecule has 0 spiro atoms. The summed E-state index contributed by atoms with van der Waals surface area (Å²) >= 11 is 1.75. The molecule has 0 aliphatic carbocycles. The second-order valence-electron chi connectivity index (χ2n) is 5.77. The molecule has 0 bridgehead atoms. The molecule has 0 unspecified atom stereocenters. The van der Waals surface area contributed by atoms with Crippen molar-refractivity contribution in [3.63, 3.8) is 0 Å². The zero-order valence-electron chi connectivity index (χ0n) is 13.3. The number of fused-ring (bicyclic) bond motifs is 1. The third-order valence-electron chi connectivity index (χ3n) is 4.11. The van der Waals surface area contributed by atoms with Crippen LogP contribution >= 0.6 is 11.8 Å². The van der Waals surface area contributed by atoms with E-state index in [0.29, 0.717) is 0 Å². The van der Waals surface area contributed by atoms with Crippen molar-refractivity contribution in [1.29, 1.82) is 0 Å². The summed E-state index contributed by atoms with van der Waals surface area (Å²) < 4.78 is 0. The van der Waals surface area contributed by atoms with Gasteiger partial charge in [0.15, 0.2) is 0 Å². The Morgan fingerprint density at radius 1 is 1.08 bits per heavy atom. The average Bonchev–Trinajstić information content (AvgIpc) is 3.03. The van der Waals surface area contributed by atoms with E-state index >= 15 is 0 Å². The molecular weight excluding hydrogens is 316 g/mol. The van der Waals surface area contributed by atoms with Gasteiger partial charge >= 0.3 is 0 Å². The lowest BCUT2D eigenvalue weighted by molar-refractivity contribution is 0.853. The summed E-state index contributed by atoms with van der Waals surface area (Å²) in [6, 6.07) is 16.4. The zero-order chi connectivity index (χ0) is 16.5. The summed E-state index contributed by atoms with van der Waals surface area (Å²) in [5.74, 6) is 0. The molecular formula is C19H18N4S. The van der Waals surface area contributed by atoms with Gasteiger partial charge in [0.1, 0.15) is 0 Å². The summed E-state index contributed by atoms with van der Waals surface area (Å²) in [5, 5.41) is 7.83. The number of hydrazone groups is 1. The zero-order valence-corrected chi connectivity index (χ0v) is 14.2. The molecule has 0 amide bonds. The molecule has 0 aromatic heterocycles. The first-order chi connectivity index (χ1) is 11.7. The topological polar surface area (TPSA) is 62.4 Å². The number of hydrogen-bond donors (Lipinski definition) is 3. The van der Waals surface area contributed by atoms with Crippen molar-refractivity contribution in [2.24, 2.45) is 5.10 Å². The highest BCUT2D eigenvalue weighted by atomic mass is 32.2. The van der Waals surface area contributed by atoms with E-state index in [1.807, 2.05) is 19.1 Å². The van der Waals surface area contributed by atoms with E-state index in [2.05, 4.69) is 58.3 Å². The smallest absolute Gasteiger partial charge is 0.0643 e. The Balaban J connectivity index is 1.77. The van der Waals surface area contributed by atoms with Gasteiger partial charge in [0.25, 0.3) is 0 Å². The predicted octanol–water partition coefficient (Wildman–Crippen LogP) is 4.06. The number of benzene rings is 2. The Morgan fingerprint density at radius 2 is 1.88 bits per heavy atom. The Bertz CT molecular complexity index is 878. The summed E-state index contributed by atoms with van der Waals surface area (Å²) in [7, 11) is 0. The van der Waals surface area contributed by atoms with Crippen molar-refractivity contribution in [3.8, 4) is 0 Å². The second-order valence-corrected chi connectivity index (χ2v) is 6.89. The largest absolute Gasteiger partial charge is 0.399 e. The quantitative estimate of drug-likeness (QED) is 0.725. The van der Waals surface area contributed by atoms with Crippen molar-refractivity contribution in [1.82, 2.24) is 5.43 Å². The number of thioether (sulfide) groups is 1. The number of nitrogens with zero attached hydrogens (tertiary/aromatic N) is 1. The first-order valence-electron chi connectivity index (χ1n) is 7.83. The molecule has 0 saturated carbocycles. The number of nitrogens with two attached hydrogens (primary N) is 1. The highest BCUT2D eigenvalue weighted by Gasteiger charge is 2.20. The van der Waals surface area contributed by atoms with Gasteiger partial charge in [0.2, 0.25) is 0 Å². The van der Waals surface area contributed by atoms with Gasteiger partial charge in [0, 0.05) is 38.0 Å². The summed E-state index contributed by atoms with van der Waals surface area (Å²) in [6.07, 6.45) is 2.21. The molecule has 2 aliphatic rings. The van der Waals surface area contributed by atoms with E-state index in [-0.39, 0.29) is 0 Å². The standard InChI is InChI=1S/C19H18N4S/c1-12-16(11-21-23-12)18-10-19(15-4-2-3-5-17(15)22-18)24-14-8-6-13(20)7-9-14/h2-10,21-22H,11,20H2,1H3/b18-16-. The third kappa shape index (κ3) is 2.78. The van der Waals surface area contributed by atoms with Crippen LogP contribution in [0.4, 0.5) is 11.4 Å². The van der Waals surface area contributed by atoms with Crippen LogP contribution in [0.1, 0.15) is 12.5 Å². The second kappa shape index (κ2) is 6.09. The molecule has 4 nitrogen and oxygen atoms in total. The van der Waals surface area contributed by atoms with Crippen molar-refractivity contribution < 1.29 is 0 Å². The molecule has 0 saturated heterocycles. The fourth-order valence-corrected chi connectivity index (χ4v) is 3.82. The molecule has 120 valence electrons. The molecule has 0 fully saturated rings. The van der Waals surface area contributed by atoms with Crippen molar-refractivity contribution in [2.45, 2.75) is 11.8 Å². The molecule has 4 N–H and O–H groups in total. The van der Waals surface area contributed by atoms with E-state index in [9.17, 15) is 0 Å². The molecule has 24 heavy (non-hydrogen) atoms. The number of nitrogen functional groups attached to an aromatic ring is 1. The van der Waals surface area contributed by atoms with Crippen LogP contribution in [0.3, 0.4) is 0 Å². The summed E-state index contributed by atoms with van der Waals surface area (Å²) in [5.41, 5.74) is 15.3. The lowest BCUT2D eigenvalue weighted by atomic mass is 10.0. The van der Waals surface area contributed by atoms with E-state index in [1.54, 1.807) is 11.8 Å². The van der Waals surface area contributed by atoms with Gasteiger partial charge in [-0.25, -0.2) is 0 Å². The monoisotopic (exact) mass is 334 g/mol. The minimum Gasteiger partial charge on any atom is -0.399 e. The fourth-order valence-electron chi connectivity index (χ4n) is 2.83. The molecule has 0 atom stereocenters. The summed E-state index contributed by atoms with van der Waals surface area (Å²) in [6.45, 7) is 2.79. The first-order valence-corrected chi connectivity index (χ1v) is 8.64. The molecule has 0 radical (unpaired) electrons. The van der Waals surface area contributed by atoms with Crippen LogP contribution < -0.4 is 16.5 Å². The van der Waals surface area contributed by atoms with Gasteiger partial charge < -0.3 is 16.5 Å². The molecule has 4 rings (SSSR count). The van der Waals surface area contributed by atoms with Gasteiger partial charge in [-0.1, -0.05) is 30.0 Å². The molecule has 2 aromatic rings. The van der Waals surface area contributed by atoms with Crippen molar-refractivity contribution in [2.75, 3.05) is 17.6 Å². The van der Waals surface area contributed by atoms with Gasteiger partial charge in [-0.3, -0.25) is 0 Å². The van der Waals surface area contributed by atoms with E-state index in [0.717, 1.165) is 29.3 Å². The molecule has 5 heteroatoms. The van der Waals surface area contributed by atoms with Crippen LogP contribution in [0.25, 0.3) is 4.91 Å². The van der Waals surface area contributed by atoms with Crippen LogP contribution in [-0.2, 0) is 0 Å². The van der Waals surface area contributed by atoms with E-state index in [4.69, 9.17) is 5.73 Å². The first kappa shape index (κ1) is 14.9. The Hall–Kier alpha value is -2.66. The van der Waals surface area contributed by atoms with Gasteiger partial charge in [-0.05, 0) is 43.3 Å². The lowest BCUT2D eigenvalue weighted by Gasteiger charge is -2.22.